The van der Waals surface area contributed by atoms with E-state index >= 15 is 0 Å². The Hall–Kier alpha value is -2.89. The van der Waals surface area contributed by atoms with Gasteiger partial charge in [-0.2, -0.15) is 4.31 Å². The summed E-state index contributed by atoms with van der Waals surface area (Å²) in [5.41, 5.74) is -0.452. The number of morpholine rings is 1. The summed E-state index contributed by atoms with van der Waals surface area (Å²) in [4.78, 5) is 10.7. The second kappa shape index (κ2) is 7.26. The van der Waals surface area contributed by atoms with Gasteiger partial charge in [-0.15, -0.1) is 0 Å². The molecular weight excluding hydrogens is 392 g/mol. The van der Waals surface area contributed by atoms with Gasteiger partial charge in [-0.05, 0) is 24.3 Å². The highest BCUT2D eigenvalue weighted by Crippen LogP contribution is 2.39. The van der Waals surface area contributed by atoms with Gasteiger partial charge in [0.05, 0.1) is 23.0 Å². The molecular formula is C17H16N2O8S. The third kappa shape index (κ3) is 3.46. The molecule has 0 amide bonds. The second-order valence-electron chi connectivity index (χ2n) is 6.02. The van der Waals surface area contributed by atoms with Crippen LogP contribution in [0.15, 0.2) is 41.3 Å². The minimum Gasteiger partial charge on any atom is -0.454 e. The summed E-state index contributed by atoms with van der Waals surface area (Å²) in [6, 6.07) is 8.32. The Morgan fingerprint density at radius 2 is 1.79 bits per heavy atom. The quantitative estimate of drug-likeness (QED) is 0.545. The monoisotopic (exact) mass is 408 g/mol. The number of rotatable bonds is 5. The van der Waals surface area contributed by atoms with Gasteiger partial charge >= 0.3 is 5.69 Å². The number of hydrogen-bond donors (Lipinski definition) is 0. The van der Waals surface area contributed by atoms with E-state index in [2.05, 4.69) is 0 Å². The topological polar surface area (TPSA) is 117 Å². The Morgan fingerprint density at radius 3 is 2.54 bits per heavy atom. The average molecular weight is 408 g/mol. The van der Waals surface area contributed by atoms with Gasteiger partial charge in [-0.25, -0.2) is 8.42 Å². The van der Waals surface area contributed by atoms with Crippen LogP contribution in [0.3, 0.4) is 0 Å². The van der Waals surface area contributed by atoms with Crippen LogP contribution in [0, 0.1) is 10.1 Å². The van der Waals surface area contributed by atoms with Crippen LogP contribution in [0.1, 0.15) is 0 Å². The summed E-state index contributed by atoms with van der Waals surface area (Å²) in [5, 5.41) is 11.5. The van der Waals surface area contributed by atoms with Crippen molar-refractivity contribution in [1.29, 1.82) is 0 Å². The molecule has 28 heavy (non-hydrogen) atoms. The Morgan fingerprint density at radius 1 is 1.04 bits per heavy atom. The Labute approximate surface area is 160 Å². The van der Waals surface area contributed by atoms with Crippen LogP contribution in [0.4, 0.5) is 5.69 Å². The van der Waals surface area contributed by atoms with Crippen molar-refractivity contribution >= 4 is 15.7 Å². The standard InChI is InChI=1S/C17H16N2O8S/c20-19(21)14-10-13(28(22,23)18-5-7-24-8-6-18)2-4-15(14)27-12-1-3-16-17(9-12)26-11-25-16/h1-4,9-10H,5-8,11H2. The molecule has 4 rings (SSSR count). The van der Waals surface area contributed by atoms with Gasteiger partial charge in [0, 0.05) is 25.2 Å². The zero-order chi connectivity index (χ0) is 19.7. The first-order chi connectivity index (χ1) is 13.4. The third-order valence-electron chi connectivity index (χ3n) is 4.31. The van der Waals surface area contributed by atoms with Crippen LogP contribution in [-0.2, 0) is 14.8 Å². The van der Waals surface area contributed by atoms with Gasteiger partial charge in [-0.3, -0.25) is 10.1 Å². The molecule has 1 saturated heterocycles. The van der Waals surface area contributed by atoms with Crippen molar-refractivity contribution in [3.63, 3.8) is 0 Å². The third-order valence-corrected chi connectivity index (χ3v) is 6.20. The highest BCUT2D eigenvalue weighted by molar-refractivity contribution is 7.89. The van der Waals surface area contributed by atoms with E-state index in [4.69, 9.17) is 18.9 Å². The fourth-order valence-electron chi connectivity index (χ4n) is 2.89. The Balaban J connectivity index is 1.65. The molecule has 0 bridgehead atoms. The van der Waals surface area contributed by atoms with Gasteiger partial charge in [0.25, 0.3) is 0 Å². The first-order valence-corrected chi connectivity index (χ1v) is 9.83. The van der Waals surface area contributed by atoms with Crippen molar-refractivity contribution in [2.24, 2.45) is 0 Å². The van der Waals surface area contributed by atoms with Gasteiger partial charge in [0.15, 0.2) is 11.5 Å². The van der Waals surface area contributed by atoms with Crippen molar-refractivity contribution in [2.75, 3.05) is 33.1 Å². The van der Waals surface area contributed by atoms with E-state index in [1.54, 1.807) is 18.2 Å². The lowest BCUT2D eigenvalue weighted by Gasteiger charge is -2.26. The van der Waals surface area contributed by atoms with Crippen molar-refractivity contribution in [3.05, 3.63) is 46.5 Å². The lowest BCUT2D eigenvalue weighted by Crippen LogP contribution is -2.40. The van der Waals surface area contributed by atoms with Crippen LogP contribution >= 0.6 is 0 Å². The van der Waals surface area contributed by atoms with Crippen LogP contribution in [-0.4, -0.2) is 50.7 Å². The number of nitro benzene ring substituents is 1. The highest BCUT2D eigenvalue weighted by Gasteiger charge is 2.29. The first-order valence-electron chi connectivity index (χ1n) is 8.39. The molecule has 0 aromatic heterocycles. The molecule has 10 nitrogen and oxygen atoms in total. The first kappa shape index (κ1) is 18.5. The van der Waals surface area contributed by atoms with Crippen molar-refractivity contribution in [3.8, 4) is 23.0 Å². The Bertz CT molecular complexity index is 1020. The highest BCUT2D eigenvalue weighted by atomic mass is 32.2. The zero-order valence-electron chi connectivity index (χ0n) is 14.6. The number of hydrogen-bond acceptors (Lipinski definition) is 8. The SMILES string of the molecule is O=[N+]([O-])c1cc(S(=O)(=O)N2CCOCC2)ccc1Oc1ccc2c(c1)OCO2. The zero-order valence-corrected chi connectivity index (χ0v) is 15.4. The smallest absolute Gasteiger partial charge is 0.312 e. The number of benzene rings is 2. The number of nitro groups is 1. The van der Waals surface area contributed by atoms with E-state index in [1.165, 1.54) is 16.4 Å². The lowest BCUT2D eigenvalue weighted by atomic mass is 10.2. The summed E-state index contributed by atoms with van der Waals surface area (Å²) in [6.45, 7) is 1.06. The maximum absolute atomic E-state index is 12.7. The van der Waals surface area contributed by atoms with Crippen LogP contribution < -0.4 is 14.2 Å². The summed E-state index contributed by atoms with van der Waals surface area (Å²) in [6.07, 6.45) is 0. The molecule has 148 valence electrons. The minimum absolute atomic E-state index is 0.0789. The molecule has 0 unspecified atom stereocenters. The van der Waals surface area contributed by atoms with E-state index in [0.717, 1.165) is 6.07 Å². The molecule has 0 radical (unpaired) electrons. The molecule has 1 fully saturated rings. The summed E-state index contributed by atoms with van der Waals surface area (Å²) in [5.74, 6) is 1.24. The van der Waals surface area contributed by atoms with E-state index in [-0.39, 0.29) is 43.7 Å². The van der Waals surface area contributed by atoms with Gasteiger partial charge < -0.3 is 18.9 Å². The molecule has 0 atom stereocenters. The van der Waals surface area contributed by atoms with Crippen LogP contribution in [0.5, 0.6) is 23.0 Å². The molecule has 0 spiro atoms. The van der Waals surface area contributed by atoms with Crippen LogP contribution in [0.25, 0.3) is 0 Å². The van der Waals surface area contributed by atoms with E-state index < -0.39 is 20.6 Å². The van der Waals surface area contributed by atoms with Crippen molar-refractivity contribution < 1.29 is 32.3 Å². The molecule has 2 heterocycles. The predicted molar refractivity (Wildman–Crippen MR) is 95.3 cm³/mol. The van der Waals surface area contributed by atoms with Crippen molar-refractivity contribution in [2.45, 2.75) is 4.90 Å². The summed E-state index contributed by atoms with van der Waals surface area (Å²) in [7, 11) is -3.86. The number of sulfonamides is 1. The molecule has 0 aliphatic carbocycles. The normalized spacial score (nSPS) is 16.7. The van der Waals surface area contributed by atoms with Gasteiger partial charge in [0.2, 0.25) is 22.6 Å². The van der Waals surface area contributed by atoms with Gasteiger partial charge in [0.1, 0.15) is 5.75 Å². The van der Waals surface area contributed by atoms with Gasteiger partial charge in [-0.1, -0.05) is 0 Å². The molecule has 11 heteroatoms. The van der Waals surface area contributed by atoms with Crippen LogP contribution in [0.2, 0.25) is 0 Å². The number of fused-ring (bicyclic) bond motifs is 1. The molecule has 0 saturated carbocycles. The lowest BCUT2D eigenvalue weighted by molar-refractivity contribution is -0.385. The molecule has 2 aliphatic rings. The number of nitrogens with zero attached hydrogens (tertiary/aromatic N) is 2. The summed E-state index contributed by atoms with van der Waals surface area (Å²) < 4.78 is 47.9. The van der Waals surface area contributed by atoms with E-state index in [0.29, 0.717) is 17.2 Å². The molecule has 2 aliphatic heterocycles. The number of ether oxygens (including phenoxy) is 4. The average Bonchev–Trinajstić information content (AvgIpc) is 3.16. The van der Waals surface area contributed by atoms with Crippen molar-refractivity contribution in [1.82, 2.24) is 4.31 Å². The largest absolute Gasteiger partial charge is 0.454 e. The fourth-order valence-corrected chi connectivity index (χ4v) is 4.32. The molecule has 0 N–H and O–H groups in total. The maximum Gasteiger partial charge on any atom is 0.312 e. The molecule has 2 aromatic rings. The minimum atomic E-state index is -3.86. The summed E-state index contributed by atoms with van der Waals surface area (Å²) >= 11 is 0. The Kier molecular flexibility index (Phi) is 4.79. The molecule has 2 aromatic carbocycles. The van der Waals surface area contributed by atoms with E-state index in [1.807, 2.05) is 0 Å². The maximum atomic E-state index is 12.7. The van der Waals surface area contributed by atoms with E-state index in [9.17, 15) is 18.5 Å². The second-order valence-corrected chi connectivity index (χ2v) is 7.96. The fraction of sp³-hybridized carbons (Fsp3) is 0.294. The predicted octanol–water partition coefficient (Wildman–Crippen LogP) is 2.14.